The number of rotatable bonds is 3. The SMILES string of the molecule is COc1cc(Cl)ccc1C(=O)NNC(=O)c1ccc(C)[nH]c1=O. The Hall–Kier alpha value is -2.80. The van der Waals surface area contributed by atoms with Gasteiger partial charge in [-0.05, 0) is 37.3 Å². The molecule has 2 aromatic rings. The molecule has 0 spiro atoms. The summed E-state index contributed by atoms with van der Waals surface area (Å²) >= 11 is 5.82. The number of aromatic amines is 1. The second-order valence-corrected chi connectivity index (χ2v) is 5.07. The van der Waals surface area contributed by atoms with Gasteiger partial charge in [0.15, 0.2) is 0 Å². The van der Waals surface area contributed by atoms with E-state index in [9.17, 15) is 14.4 Å². The third-order valence-electron chi connectivity index (χ3n) is 3.00. The molecule has 1 aromatic carbocycles. The van der Waals surface area contributed by atoms with Crippen molar-refractivity contribution in [3.8, 4) is 5.75 Å². The van der Waals surface area contributed by atoms with Crippen LogP contribution in [0.1, 0.15) is 26.4 Å². The van der Waals surface area contributed by atoms with Gasteiger partial charge in [0.25, 0.3) is 17.4 Å². The van der Waals surface area contributed by atoms with Crippen LogP contribution in [0.25, 0.3) is 0 Å². The first kappa shape index (κ1) is 16.6. The van der Waals surface area contributed by atoms with Crippen LogP contribution in [0.4, 0.5) is 0 Å². The number of aryl methyl sites for hydroxylation is 1. The highest BCUT2D eigenvalue weighted by atomic mass is 35.5. The van der Waals surface area contributed by atoms with E-state index in [1.54, 1.807) is 13.0 Å². The molecule has 0 aliphatic heterocycles. The lowest BCUT2D eigenvalue weighted by molar-refractivity contribution is 0.0844. The van der Waals surface area contributed by atoms with Gasteiger partial charge in [-0.1, -0.05) is 11.6 Å². The van der Waals surface area contributed by atoms with Crippen molar-refractivity contribution in [1.29, 1.82) is 0 Å². The molecule has 120 valence electrons. The molecule has 0 aliphatic rings. The first-order chi connectivity index (χ1) is 10.9. The average molecular weight is 336 g/mol. The van der Waals surface area contributed by atoms with Gasteiger partial charge in [0.1, 0.15) is 11.3 Å². The monoisotopic (exact) mass is 335 g/mol. The zero-order chi connectivity index (χ0) is 17.0. The minimum absolute atomic E-state index is 0.112. The van der Waals surface area contributed by atoms with E-state index in [0.717, 1.165) is 0 Å². The van der Waals surface area contributed by atoms with Crippen LogP contribution < -0.4 is 21.1 Å². The van der Waals surface area contributed by atoms with Crippen molar-refractivity contribution >= 4 is 23.4 Å². The molecule has 0 fully saturated rings. The standard InChI is InChI=1S/C15H14ClN3O4/c1-8-3-5-11(13(20)17-8)15(22)19-18-14(21)10-6-4-9(16)7-12(10)23-2/h3-7H,1-2H3,(H,17,20)(H,18,21)(H,19,22). The Bertz CT molecular complexity index is 817. The summed E-state index contributed by atoms with van der Waals surface area (Å²) in [6.45, 7) is 1.69. The van der Waals surface area contributed by atoms with Gasteiger partial charge in [0.2, 0.25) is 0 Å². The van der Waals surface area contributed by atoms with Crippen molar-refractivity contribution in [3.63, 3.8) is 0 Å². The smallest absolute Gasteiger partial charge is 0.275 e. The van der Waals surface area contributed by atoms with E-state index in [0.29, 0.717) is 10.7 Å². The molecule has 0 saturated heterocycles. The number of H-pyrrole nitrogens is 1. The predicted molar refractivity (Wildman–Crippen MR) is 84.7 cm³/mol. The van der Waals surface area contributed by atoms with Crippen molar-refractivity contribution in [1.82, 2.24) is 15.8 Å². The highest BCUT2D eigenvalue weighted by molar-refractivity contribution is 6.30. The van der Waals surface area contributed by atoms with Crippen molar-refractivity contribution < 1.29 is 14.3 Å². The first-order valence-electron chi connectivity index (χ1n) is 6.56. The average Bonchev–Trinajstić information content (AvgIpc) is 2.52. The lowest BCUT2D eigenvalue weighted by Gasteiger charge is -2.10. The predicted octanol–water partition coefficient (Wildman–Crippen LogP) is 1.42. The van der Waals surface area contributed by atoms with Crippen LogP contribution in [0, 0.1) is 6.92 Å². The molecular weight excluding hydrogens is 322 g/mol. The number of amides is 2. The molecule has 1 aromatic heterocycles. The summed E-state index contributed by atoms with van der Waals surface area (Å²) in [5.74, 6) is -1.07. The molecule has 0 bridgehead atoms. The van der Waals surface area contributed by atoms with E-state index in [2.05, 4.69) is 15.8 Å². The summed E-state index contributed by atoms with van der Waals surface area (Å²) < 4.78 is 5.06. The number of pyridine rings is 1. The van der Waals surface area contributed by atoms with Crippen LogP contribution >= 0.6 is 11.6 Å². The molecule has 2 rings (SSSR count). The number of hydrazine groups is 1. The summed E-state index contributed by atoms with van der Waals surface area (Å²) in [5.41, 5.74) is 4.56. The van der Waals surface area contributed by atoms with Gasteiger partial charge in [-0.25, -0.2) is 0 Å². The summed E-state index contributed by atoms with van der Waals surface area (Å²) in [7, 11) is 1.40. The van der Waals surface area contributed by atoms with Crippen LogP contribution in [0.3, 0.4) is 0 Å². The Morgan fingerprint density at radius 2 is 1.70 bits per heavy atom. The van der Waals surface area contributed by atoms with E-state index < -0.39 is 17.4 Å². The molecule has 0 unspecified atom stereocenters. The summed E-state index contributed by atoms with van der Waals surface area (Å²) in [5, 5.41) is 0.411. The molecule has 1 heterocycles. The van der Waals surface area contributed by atoms with E-state index >= 15 is 0 Å². The maximum atomic E-state index is 12.1. The summed E-state index contributed by atoms with van der Waals surface area (Å²) in [4.78, 5) is 38.2. The van der Waals surface area contributed by atoms with Crippen LogP contribution in [-0.2, 0) is 0 Å². The van der Waals surface area contributed by atoms with Crippen molar-refractivity contribution in [2.75, 3.05) is 7.11 Å². The summed E-state index contributed by atoms with van der Waals surface area (Å²) in [6, 6.07) is 7.41. The van der Waals surface area contributed by atoms with Gasteiger partial charge in [-0.15, -0.1) is 0 Å². The lowest BCUT2D eigenvalue weighted by Crippen LogP contribution is -2.43. The van der Waals surface area contributed by atoms with Crippen molar-refractivity contribution in [2.45, 2.75) is 6.92 Å². The molecule has 2 amide bonds. The molecule has 8 heteroatoms. The molecule has 0 atom stereocenters. The van der Waals surface area contributed by atoms with E-state index in [1.165, 1.54) is 31.4 Å². The minimum Gasteiger partial charge on any atom is -0.496 e. The first-order valence-corrected chi connectivity index (χ1v) is 6.94. The molecule has 3 N–H and O–H groups in total. The molecule has 23 heavy (non-hydrogen) atoms. The topological polar surface area (TPSA) is 100 Å². The number of nitrogens with one attached hydrogen (secondary N) is 3. The fourth-order valence-corrected chi connectivity index (χ4v) is 2.01. The highest BCUT2D eigenvalue weighted by Gasteiger charge is 2.15. The van der Waals surface area contributed by atoms with Gasteiger partial charge in [0.05, 0.1) is 12.7 Å². The Labute approximate surface area is 136 Å². The molecule has 0 saturated carbocycles. The maximum absolute atomic E-state index is 12.1. The molecular formula is C15H14ClN3O4. The maximum Gasteiger partial charge on any atom is 0.275 e. The number of halogens is 1. The number of aromatic nitrogens is 1. The van der Waals surface area contributed by atoms with E-state index in [1.807, 2.05) is 0 Å². The van der Waals surface area contributed by atoms with E-state index in [4.69, 9.17) is 16.3 Å². The number of methoxy groups -OCH3 is 1. The quantitative estimate of drug-likeness (QED) is 0.738. The highest BCUT2D eigenvalue weighted by Crippen LogP contribution is 2.22. The van der Waals surface area contributed by atoms with Crippen LogP contribution in [0.15, 0.2) is 35.1 Å². The molecule has 0 radical (unpaired) electrons. The second kappa shape index (κ2) is 6.97. The zero-order valence-corrected chi connectivity index (χ0v) is 13.2. The van der Waals surface area contributed by atoms with Gasteiger partial charge in [-0.3, -0.25) is 25.2 Å². The Kier molecular flexibility index (Phi) is 5.02. The number of ether oxygens (including phenoxy) is 1. The minimum atomic E-state index is -0.729. The largest absolute Gasteiger partial charge is 0.496 e. The number of carbonyl (C=O) groups is 2. The molecule has 7 nitrogen and oxygen atoms in total. The van der Waals surface area contributed by atoms with Gasteiger partial charge >= 0.3 is 0 Å². The third kappa shape index (κ3) is 3.89. The number of benzene rings is 1. The normalized spacial score (nSPS) is 10.0. The zero-order valence-electron chi connectivity index (χ0n) is 12.4. The van der Waals surface area contributed by atoms with Crippen LogP contribution in [-0.4, -0.2) is 23.9 Å². The Morgan fingerprint density at radius 3 is 2.30 bits per heavy atom. The van der Waals surface area contributed by atoms with Crippen LogP contribution in [0.5, 0.6) is 5.75 Å². The third-order valence-corrected chi connectivity index (χ3v) is 3.23. The van der Waals surface area contributed by atoms with Gasteiger partial charge in [0, 0.05) is 10.7 Å². The van der Waals surface area contributed by atoms with Gasteiger partial charge < -0.3 is 9.72 Å². The number of hydrogen-bond acceptors (Lipinski definition) is 4. The molecule has 0 aliphatic carbocycles. The van der Waals surface area contributed by atoms with Crippen LogP contribution in [0.2, 0.25) is 5.02 Å². The second-order valence-electron chi connectivity index (χ2n) is 4.64. The fraction of sp³-hybridized carbons (Fsp3) is 0.133. The lowest BCUT2D eigenvalue weighted by atomic mass is 10.2. The number of carbonyl (C=O) groups excluding carboxylic acids is 2. The van der Waals surface area contributed by atoms with Crippen molar-refractivity contribution in [3.05, 3.63) is 62.5 Å². The van der Waals surface area contributed by atoms with Gasteiger partial charge in [-0.2, -0.15) is 0 Å². The van der Waals surface area contributed by atoms with Crippen molar-refractivity contribution in [2.24, 2.45) is 0 Å². The summed E-state index contributed by atoms with van der Waals surface area (Å²) in [6.07, 6.45) is 0. The number of hydrogen-bond donors (Lipinski definition) is 3. The Balaban J connectivity index is 2.10. The van der Waals surface area contributed by atoms with E-state index in [-0.39, 0.29) is 16.9 Å². The fourth-order valence-electron chi connectivity index (χ4n) is 1.85. The Morgan fingerprint density at radius 1 is 1.09 bits per heavy atom.